The largest absolute Gasteiger partial charge is 0.493 e. The van der Waals surface area contributed by atoms with Gasteiger partial charge in [0, 0.05) is 6.42 Å². The number of carboxylic acid groups (broad SMARTS) is 1. The third-order valence-corrected chi connectivity index (χ3v) is 3.94. The van der Waals surface area contributed by atoms with Crippen LogP contribution >= 0.6 is 0 Å². The highest BCUT2D eigenvalue weighted by molar-refractivity contribution is 5.67. The molecule has 8 heteroatoms. The van der Waals surface area contributed by atoms with E-state index in [1.165, 1.54) is 0 Å². The topological polar surface area (TPSA) is 134 Å². The standard InChI is InChI=1S/C19H26N4O4/c1-2-14-17(18(20)23-19(21)22-14)27-12-6-5-11-26-15-8-4-3-7-13(15)9-10-16(24)25/h3-4,7-8H,2,5-6,9-12H2,1H3,(H,24,25)(H4,20,21,22,23). The van der Waals surface area contributed by atoms with Gasteiger partial charge in [0.2, 0.25) is 5.95 Å². The summed E-state index contributed by atoms with van der Waals surface area (Å²) in [5, 5.41) is 8.83. The summed E-state index contributed by atoms with van der Waals surface area (Å²) in [5.41, 5.74) is 13.1. The van der Waals surface area contributed by atoms with E-state index < -0.39 is 5.97 Å². The summed E-state index contributed by atoms with van der Waals surface area (Å²) in [4.78, 5) is 18.8. The zero-order chi connectivity index (χ0) is 19.6. The number of aryl methyl sites for hydroxylation is 2. The van der Waals surface area contributed by atoms with Gasteiger partial charge in [-0.15, -0.1) is 0 Å². The Kier molecular flexibility index (Phi) is 7.66. The minimum atomic E-state index is -0.820. The van der Waals surface area contributed by atoms with Gasteiger partial charge in [-0.05, 0) is 37.3 Å². The molecule has 0 bridgehead atoms. The number of hydrogen-bond donors (Lipinski definition) is 3. The van der Waals surface area contributed by atoms with Crippen LogP contribution in [0.4, 0.5) is 11.8 Å². The number of benzene rings is 1. The van der Waals surface area contributed by atoms with Crippen LogP contribution in [-0.2, 0) is 17.6 Å². The number of nitrogen functional groups attached to an aromatic ring is 2. The van der Waals surface area contributed by atoms with Gasteiger partial charge >= 0.3 is 5.97 Å². The summed E-state index contributed by atoms with van der Waals surface area (Å²) < 4.78 is 11.5. The van der Waals surface area contributed by atoms with Gasteiger partial charge in [-0.1, -0.05) is 25.1 Å². The molecule has 0 saturated carbocycles. The fourth-order valence-corrected chi connectivity index (χ4v) is 2.59. The van der Waals surface area contributed by atoms with E-state index in [1.54, 1.807) is 0 Å². The van der Waals surface area contributed by atoms with Crippen LogP contribution in [0.1, 0.15) is 37.4 Å². The van der Waals surface area contributed by atoms with E-state index in [4.69, 9.17) is 26.0 Å². The Hall–Kier alpha value is -3.03. The molecule has 5 N–H and O–H groups in total. The van der Waals surface area contributed by atoms with Gasteiger partial charge in [-0.2, -0.15) is 4.98 Å². The van der Waals surface area contributed by atoms with Crippen LogP contribution in [0.15, 0.2) is 24.3 Å². The molecule has 0 atom stereocenters. The van der Waals surface area contributed by atoms with Crippen molar-refractivity contribution in [2.45, 2.75) is 39.0 Å². The lowest BCUT2D eigenvalue weighted by molar-refractivity contribution is -0.136. The summed E-state index contributed by atoms with van der Waals surface area (Å²) in [6, 6.07) is 7.49. The van der Waals surface area contributed by atoms with Crippen molar-refractivity contribution in [2.75, 3.05) is 24.7 Å². The number of aliphatic carboxylic acids is 1. The lowest BCUT2D eigenvalue weighted by Gasteiger charge is -2.13. The molecule has 2 aromatic rings. The number of unbranched alkanes of at least 4 members (excludes halogenated alkanes) is 1. The van der Waals surface area contributed by atoms with E-state index in [2.05, 4.69) is 9.97 Å². The molecule has 0 radical (unpaired) electrons. The highest BCUT2D eigenvalue weighted by Gasteiger charge is 2.11. The Balaban J connectivity index is 1.77. The normalized spacial score (nSPS) is 10.6. The lowest BCUT2D eigenvalue weighted by Crippen LogP contribution is -2.10. The molecular weight excluding hydrogens is 348 g/mol. The van der Waals surface area contributed by atoms with Gasteiger partial charge in [0.25, 0.3) is 0 Å². The monoisotopic (exact) mass is 374 g/mol. The fraction of sp³-hybridized carbons (Fsp3) is 0.421. The molecular formula is C19H26N4O4. The second kappa shape index (κ2) is 10.2. The van der Waals surface area contributed by atoms with Gasteiger partial charge < -0.3 is 26.0 Å². The lowest BCUT2D eigenvalue weighted by atomic mass is 10.1. The molecule has 1 heterocycles. The van der Waals surface area contributed by atoms with E-state index in [-0.39, 0.29) is 18.2 Å². The third kappa shape index (κ3) is 6.32. The van der Waals surface area contributed by atoms with Crippen LogP contribution in [0.5, 0.6) is 11.5 Å². The van der Waals surface area contributed by atoms with Crippen molar-refractivity contribution in [3.63, 3.8) is 0 Å². The van der Waals surface area contributed by atoms with Crippen molar-refractivity contribution in [1.29, 1.82) is 0 Å². The van der Waals surface area contributed by atoms with Crippen molar-refractivity contribution < 1.29 is 19.4 Å². The zero-order valence-corrected chi connectivity index (χ0v) is 15.5. The highest BCUT2D eigenvalue weighted by Crippen LogP contribution is 2.25. The predicted octanol–water partition coefficient (Wildman–Crippen LogP) is 2.46. The molecule has 27 heavy (non-hydrogen) atoms. The first-order valence-electron chi connectivity index (χ1n) is 8.98. The van der Waals surface area contributed by atoms with E-state index >= 15 is 0 Å². The number of carbonyl (C=O) groups is 1. The first-order valence-corrected chi connectivity index (χ1v) is 8.98. The summed E-state index contributed by atoms with van der Waals surface area (Å²) in [7, 11) is 0. The van der Waals surface area contributed by atoms with E-state index in [1.807, 2.05) is 31.2 Å². The van der Waals surface area contributed by atoms with Crippen LogP contribution in [0.25, 0.3) is 0 Å². The van der Waals surface area contributed by atoms with Crippen molar-refractivity contribution in [1.82, 2.24) is 9.97 Å². The second-order valence-electron chi connectivity index (χ2n) is 6.00. The average Bonchev–Trinajstić information content (AvgIpc) is 2.64. The molecule has 0 saturated heterocycles. The zero-order valence-electron chi connectivity index (χ0n) is 15.5. The van der Waals surface area contributed by atoms with Crippen LogP contribution in [0, 0.1) is 0 Å². The Morgan fingerprint density at radius 3 is 2.52 bits per heavy atom. The molecule has 0 aliphatic rings. The summed E-state index contributed by atoms with van der Waals surface area (Å²) >= 11 is 0. The van der Waals surface area contributed by atoms with Gasteiger partial charge in [0.15, 0.2) is 11.6 Å². The highest BCUT2D eigenvalue weighted by atomic mass is 16.5. The number of rotatable bonds is 11. The van der Waals surface area contributed by atoms with Crippen LogP contribution in [-0.4, -0.2) is 34.3 Å². The number of hydrogen-bond acceptors (Lipinski definition) is 7. The maximum absolute atomic E-state index is 10.7. The molecule has 1 aromatic carbocycles. The Labute approximate surface area is 158 Å². The molecule has 8 nitrogen and oxygen atoms in total. The average molecular weight is 374 g/mol. The number of nitrogens with zero attached hydrogens (tertiary/aromatic N) is 2. The van der Waals surface area contributed by atoms with Crippen LogP contribution < -0.4 is 20.9 Å². The molecule has 0 amide bonds. The molecule has 0 aliphatic heterocycles. The Morgan fingerprint density at radius 1 is 1.11 bits per heavy atom. The minimum Gasteiger partial charge on any atom is -0.493 e. The summed E-state index contributed by atoms with van der Waals surface area (Å²) in [6.45, 7) is 2.93. The summed E-state index contributed by atoms with van der Waals surface area (Å²) in [5.74, 6) is 0.796. The van der Waals surface area contributed by atoms with E-state index in [0.717, 1.165) is 24.2 Å². The third-order valence-electron chi connectivity index (χ3n) is 3.94. The van der Waals surface area contributed by atoms with E-state index in [9.17, 15) is 4.79 Å². The maximum Gasteiger partial charge on any atom is 0.303 e. The molecule has 0 aliphatic carbocycles. The van der Waals surface area contributed by atoms with Crippen molar-refractivity contribution >= 4 is 17.7 Å². The number of para-hydroxylation sites is 1. The number of carboxylic acids is 1. The van der Waals surface area contributed by atoms with Crippen LogP contribution in [0.2, 0.25) is 0 Å². The molecule has 0 fully saturated rings. The second-order valence-corrected chi connectivity index (χ2v) is 6.00. The SMILES string of the molecule is CCc1nc(N)nc(N)c1OCCCCOc1ccccc1CCC(=O)O. The van der Waals surface area contributed by atoms with Crippen molar-refractivity contribution in [3.05, 3.63) is 35.5 Å². The van der Waals surface area contributed by atoms with Gasteiger partial charge in [-0.3, -0.25) is 4.79 Å². The minimum absolute atomic E-state index is 0.0824. The number of anilines is 2. The first kappa shape index (κ1) is 20.3. The Morgan fingerprint density at radius 2 is 1.81 bits per heavy atom. The number of ether oxygens (including phenoxy) is 2. The number of nitrogens with two attached hydrogens (primary N) is 2. The number of aromatic nitrogens is 2. The van der Waals surface area contributed by atoms with Crippen molar-refractivity contribution in [3.8, 4) is 11.5 Å². The molecule has 0 unspecified atom stereocenters. The van der Waals surface area contributed by atoms with Gasteiger partial charge in [-0.25, -0.2) is 4.98 Å². The maximum atomic E-state index is 10.7. The summed E-state index contributed by atoms with van der Waals surface area (Å²) in [6.07, 6.45) is 2.74. The molecule has 1 aromatic heterocycles. The Bertz CT molecular complexity index is 767. The molecule has 0 spiro atoms. The molecule has 2 rings (SSSR count). The fourth-order valence-electron chi connectivity index (χ4n) is 2.59. The predicted molar refractivity (Wildman–Crippen MR) is 103 cm³/mol. The van der Waals surface area contributed by atoms with Gasteiger partial charge in [0.05, 0.1) is 18.9 Å². The smallest absolute Gasteiger partial charge is 0.303 e. The van der Waals surface area contributed by atoms with Gasteiger partial charge in [0.1, 0.15) is 5.75 Å². The first-order chi connectivity index (χ1) is 13.0. The molecule has 146 valence electrons. The van der Waals surface area contributed by atoms with Crippen LogP contribution in [0.3, 0.4) is 0 Å². The van der Waals surface area contributed by atoms with E-state index in [0.29, 0.717) is 37.5 Å². The van der Waals surface area contributed by atoms with Crippen molar-refractivity contribution in [2.24, 2.45) is 0 Å². The quantitative estimate of drug-likeness (QED) is 0.511.